The van der Waals surface area contributed by atoms with E-state index in [9.17, 15) is 0 Å². The van der Waals surface area contributed by atoms with Crippen molar-refractivity contribution in [1.29, 1.82) is 0 Å². The van der Waals surface area contributed by atoms with Gasteiger partial charge in [0.1, 0.15) is 0 Å². The van der Waals surface area contributed by atoms with Gasteiger partial charge in [-0.05, 0) is 24.0 Å². The third-order valence-electron chi connectivity index (χ3n) is 3.00. The lowest BCUT2D eigenvalue weighted by Gasteiger charge is -2.11. The predicted molar refractivity (Wildman–Crippen MR) is 70.1 cm³/mol. The highest BCUT2D eigenvalue weighted by atomic mass is 16.5. The molecule has 0 aliphatic heterocycles. The fourth-order valence-corrected chi connectivity index (χ4v) is 2.01. The Morgan fingerprint density at radius 1 is 1.28 bits per heavy atom. The zero-order valence-electron chi connectivity index (χ0n) is 10.9. The second-order valence-electron chi connectivity index (χ2n) is 4.33. The molecule has 4 nitrogen and oxygen atoms in total. The van der Waals surface area contributed by atoms with Crippen LogP contribution in [0.5, 0.6) is 0 Å². The summed E-state index contributed by atoms with van der Waals surface area (Å²) >= 11 is 0. The van der Waals surface area contributed by atoms with Gasteiger partial charge in [-0.15, -0.1) is 0 Å². The second-order valence-corrected chi connectivity index (χ2v) is 4.33. The van der Waals surface area contributed by atoms with Crippen molar-refractivity contribution in [2.75, 3.05) is 0 Å². The van der Waals surface area contributed by atoms with Crippen molar-refractivity contribution in [1.82, 2.24) is 10.1 Å². The standard InChI is InChI=1S/C14H19N3O/c1-3-7-12-16-14(17-18-12)13(15)11-9-6-5-8-10(11)4-2/h5-6,8-9,13H,3-4,7,15H2,1-2H3. The van der Waals surface area contributed by atoms with Crippen molar-refractivity contribution in [2.45, 2.75) is 39.2 Å². The molecule has 0 saturated carbocycles. The smallest absolute Gasteiger partial charge is 0.226 e. The number of nitrogens with zero attached hydrogens (tertiary/aromatic N) is 2. The normalized spacial score (nSPS) is 12.6. The van der Waals surface area contributed by atoms with E-state index in [0.717, 1.165) is 24.8 Å². The van der Waals surface area contributed by atoms with E-state index < -0.39 is 0 Å². The molecule has 1 unspecified atom stereocenters. The van der Waals surface area contributed by atoms with Gasteiger partial charge in [0.15, 0.2) is 5.82 Å². The molecule has 2 N–H and O–H groups in total. The number of benzene rings is 1. The number of aromatic nitrogens is 2. The Bertz CT molecular complexity index is 507. The summed E-state index contributed by atoms with van der Waals surface area (Å²) in [6.45, 7) is 4.19. The van der Waals surface area contributed by atoms with E-state index in [1.54, 1.807) is 0 Å². The van der Waals surface area contributed by atoms with Crippen LogP contribution in [0.25, 0.3) is 0 Å². The van der Waals surface area contributed by atoms with E-state index in [-0.39, 0.29) is 6.04 Å². The van der Waals surface area contributed by atoms with Crippen LogP contribution in [0.2, 0.25) is 0 Å². The minimum absolute atomic E-state index is 0.310. The van der Waals surface area contributed by atoms with Gasteiger partial charge < -0.3 is 10.3 Å². The molecule has 2 aromatic rings. The number of rotatable bonds is 5. The van der Waals surface area contributed by atoms with Crippen LogP contribution in [0.4, 0.5) is 0 Å². The van der Waals surface area contributed by atoms with Crippen molar-refractivity contribution in [3.05, 3.63) is 47.1 Å². The first kappa shape index (κ1) is 12.8. The molecule has 0 fully saturated rings. The first-order valence-corrected chi connectivity index (χ1v) is 6.42. The molecule has 1 aromatic carbocycles. The van der Waals surface area contributed by atoms with Crippen LogP contribution >= 0.6 is 0 Å². The molecule has 0 radical (unpaired) electrons. The maximum Gasteiger partial charge on any atom is 0.226 e. The van der Waals surface area contributed by atoms with Crippen molar-refractivity contribution >= 4 is 0 Å². The van der Waals surface area contributed by atoms with Crippen LogP contribution in [0.1, 0.15) is 49.2 Å². The van der Waals surface area contributed by atoms with Gasteiger partial charge in [-0.25, -0.2) is 0 Å². The van der Waals surface area contributed by atoms with E-state index >= 15 is 0 Å². The number of nitrogens with two attached hydrogens (primary N) is 1. The van der Waals surface area contributed by atoms with Gasteiger partial charge >= 0.3 is 0 Å². The van der Waals surface area contributed by atoms with Crippen LogP contribution in [-0.2, 0) is 12.8 Å². The predicted octanol–water partition coefficient (Wildman–Crippen LogP) is 2.63. The molecule has 2 rings (SSSR count). The first-order chi connectivity index (χ1) is 8.76. The highest BCUT2D eigenvalue weighted by molar-refractivity contribution is 5.33. The SMILES string of the molecule is CCCc1nc(C(N)c2ccccc2CC)no1. The van der Waals surface area contributed by atoms with Crippen LogP contribution < -0.4 is 5.73 Å². The molecule has 0 aliphatic carbocycles. The number of aryl methyl sites for hydroxylation is 2. The third-order valence-corrected chi connectivity index (χ3v) is 3.00. The molecular formula is C14H19N3O. The molecule has 0 spiro atoms. The van der Waals surface area contributed by atoms with Crippen LogP contribution in [-0.4, -0.2) is 10.1 Å². The largest absolute Gasteiger partial charge is 0.339 e. The molecule has 1 heterocycles. The number of hydrogen-bond acceptors (Lipinski definition) is 4. The van der Waals surface area contributed by atoms with E-state index in [1.807, 2.05) is 18.2 Å². The Kier molecular flexibility index (Phi) is 4.10. The van der Waals surface area contributed by atoms with E-state index in [4.69, 9.17) is 10.3 Å². The van der Waals surface area contributed by atoms with Gasteiger partial charge in [0.2, 0.25) is 5.89 Å². The molecule has 4 heteroatoms. The van der Waals surface area contributed by atoms with Gasteiger partial charge in [-0.2, -0.15) is 4.98 Å². The van der Waals surface area contributed by atoms with Gasteiger partial charge in [-0.3, -0.25) is 0 Å². The van der Waals surface area contributed by atoms with Crippen molar-refractivity contribution < 1.29 is 4.52 Å². The summed E-state index contributed by atoms with van der Waals surface area (Å²) in [4.78, 5) is 4.35. The summed E-state index contributed by atoms with van der Waals surface area (Å²) in [5.74, 6) is 1.23. The van der Waals surface area contributed by atoms with Gasteiger partial charge in [0.05, 0.1) is 6.04 Å². The lowest BCUT2D eigenvalue weighted by atomic mass is 9.99. The maximum absolute atomic E-state index is 6.22. The average molecular weight is 245 g/mol. The Balaban J connectivity index is 2.26. The summed E-state index contributed by atoms with van der Waals surface area (Å²) in [6.07, 6.45) is 2.74. The summed E-state index contributed by atoms with van der Waals surface area (Å²) in [7, 11) is 0. The summed E-state index contributed by atoms with van der Waals surface area (Å²) < 4.78 is 5.18. The zero-order valence-corrected chi connectivity index (χ0v) is 10.9. The lowest BCUT2D eigenvalue weighted by Crippen LogP contribution is -2.15. The molecule has 0 bridgehead atoms. The molecule has 1 aromatic heterocycles. The van der Waals surface area contributed by atoms with Gasteiger partial charge in [0, 0.05) is 6.42 Å². The average Bonchev–Trinajstić information content (AvgIpc) is 2.87. The zero-order chi connectivity index (χ0) is 13.0. The molecule has 0 aliphatic rings. The monoisotopic (exact) mass is 245 g/mol. The summed E-state index contributed by atoms with van der Waals surface area (Å²) in [5.41, 5.74) is 8.52. The highest BCUT2D eigenvalue weighted by Crippen LogP contribution is 2.21. The third kappa shape index (κ3) is 2.59. The molecule has 0 saturated heterocycles. The van der Waals surface area contributed by atoms with E-state index in [1.165, 1.54) is 5.56 Å². The topological polar surface area (TPSA) is 64.9 Å². The second kappa shape index (κ2) is 5.78. The fraction of sp³-hybridized carbons (Fsp3) is 0.429. The summed E-state index contributed by atoms with van der Waals surface area (Å²) in [5, 5.41) is 3.98. The van der Waals surface area contributed by atoms with E-state index in [2.05, 4.69) is 30.1 Å². The van der Waals surface area contributed by atoms with Crippen molar-refractivity contribution in [3.63, 3.8) is 0 Å². The Labute approximate surface area is 107 Å². The van der Waals surface area contributed by atoms with Crippen LogP contribution in [0, 0.1) is 0 Å². The fourth-order valence-electron chi connectivity index (χ4n) is 2.01. The van der Waals surface area contributed by atoms with Crippen LogP contribution in [0.15, 0.2) is 28.8 Å². The quantitative estimate of drug-likeness (QED) is 0.879. The Hall–Kier alpha value is -1.68. The lowest BCUT2D eigenvalue weighted by molar-refractivity contribution is 0.370. The molecule has 0 amide bonds. The van der Waals surface area contributed by atoms with Crippen molar-refractivity contribution in [2.24, 2.45) is 5.73 Å². The summed E-state index contributed by atoms with van der Waals surface area (Å²) in [6, 6.07) is 7.81. The number of hydrogen-bond donors (Lipinski definition) is 1. The molecular weight excluding hydrogens is 226 g/mol. The van der Waals surface area contributed by atoms with Crippen LogP contribution in [0.3, 0.4) is 0 Å². The minimum Gasteiger partial charge on any atom is -0.339 e. The maximum atomic E-state index is 6.22. The molecule has 96 valence electrons. The molecule has 1 atom stereocenters. The first-order valence-electron chi connectivity index (χ1n) is 6.42. The van der Waals surface area contributed by atoms with E-state index in [0.29, 0.717) is 11.7 Å². The Morgan fingerprint density at radius 2 is 2.06 bits per heavy atom. The molecule has 18 heavy (non-hydrogen) atoms. The minimum atomic E-state index is -0.310. The van der Waals surface area contributed by atoms with Gasteiger partial charge in [0.25, 0.3) is 0 Å². The van der Waals surface area contributed by atoms with Gasteiger partial charge in [-0.1, -0.05) is 43.3 Å². The van der Waals surface area contributed by atoms with Crippen molar-refractivity contribution in [3.8, 4) is 0 Å². The Morgan fingerprint density at radius 3 is 2.78 bits per heavy atom. The highest BCUT2D eigenvalue weighted by Gasteiger charge is 2.17.